The van der Waals surface area contributed by atoms with E-state index in [9.17, 15) is 4.79 Å². The summed E-state index contributed by atoms with van der Waals surface area (Å²) >= 11 is 0. The van der Waals surface area contributed by atoms with Gasteiger partial charge in [0.2, 0.25) is 0 Å². The maximum atomic E-state index is 11.3. The third kappa shape index (κ3) is 2.24. The average Bonchev–Trinajstić information content (AvgIpc) is 2.23. The van der Waals surface area contributed by atoms with E-state index in [2.05, 4.69) is 20.9 Å². The van der Waals surface area contributed by atoms with Crippen molar-refractivity contribution in [2.24, 2.45) is 0 Å². The second-order valence-electron chi connectivity index (χ2n) is 3.51. The summed E-state index contributed by atoms with van der Waals surface area (Å²) in [6.45, 7) is 1.94. The van der Waals surface area contributed by atoms with Gasteiger partial charge in [0.05, 0.1) is 6.04 Å². The van der Waals surface area contributed by atoms with Gasteiger partial charge >= 0.3 is 0 Å². The molecule has 80 valence electrons. The minimum Gasteiger partial charge on any atom is -0.380 e. The molecule has 0 spiro atoms. The molecule has 5 heteroatoms. The predicted molar refractivity (Wildman–Crippen MR) is 57.9 cm³/mol. The van der Waals surface area contributed by atoms with E-state index in [0.717, 1.165) is 18.8 Å². The fourth-order valence-electron chi connectivity index (χ4n) is 1.40. The van der Waals surface area contributed by atoms with Gasteiger partial charge in [-0.25, -0.2) is 0 Å². The first-order valence-electron chi connectivity index (χ1n) is 4.95. The summed E-state index contributed by atoms with van der Waals surface area (Å²) in [5, 5.41) is 9.04. The lowest BCUT2D eigenvalue weighted by molar-refractivity contribution is 0.0958. The lowest BCUT2D eigenvalue weighted by Crippen LogP contribution is -2.51. The minimum atomic E-state index is -0.162. The summed E-state index contributed by atoms with van der Waals surface area (Å²) in [6.07, 6.45) is 1.64. The van der Waals surface area contributed by atoms with Gasteiger partial charge in [-0.2, -0.15) is 0 Å². The van der Waals surface area contributed by atoms with Crippen molar-refractivity contribution in [3.05, 3.63) is 24.0 Å². The number of pyridine rings is 1. The summed E-state index contributed by atoms with van der Waals surface area (Å²) < 4.78 is 0. The van der Waals surface area contributed by atoms with Crippen molar-refractivity contribution in [3.8, 4) is 0 Å². The molecule has 0 saturated carbocycles. The molecule has 1 aromatic rings. The lowest BCUT2D eigenvalue weighted by atomic mass is 10.1. The van der Waals surface area contributed by atoms with Crippen LogP contribution in [0.4, 0.5) is 5.69 Å². The van der Waals surface area contributed by atoms with E-state index >= 15 is 0 Å². The molecule has 0 aliphatic carbocycles. The van der Waals surface area contributed by atoms with Gasteiger partial charge in [-0.1, -0.05) is 0 Å². The molecule has 0 unspecified atom stereocenters. The highest BCUT2D eigenvalue weighted by molar-refractivity contribution is 5.92. The predicted octanol–water partition coefficient (Wildman–Crippen LogP) is -0.175. The van der Waals surface area contributed by atoms with Crippen molar-refractivity contribution in [3.63, 3.8) is 0 Å². The van der Waals surface area contributed by atoms with E-state index < -0.39 is 0 Å². The van der Waals surface area contributed by atoms with Crippen LogP contribution in [0.2, 0.25) is 0 Å². The van der Waals surface area contributed by atoms with E-state index in [-0.39, 0.29) is 5.91 Å². The number of anilines is 1. The van der Waals surface area contributed by atoms with Gasteiger partial charge in [-0.15, -0.1) is 0 Å². The SMILES string of the molecule is CNC(=O)c1cc(NC2CNC2)ccn1. The molecule has 1 fully saturated rings. The highest BCUT2D eigenvalue weighted by Gasteiger charge is 2.16. The Bertz CT molecular complexity index is 362. The second kappa shape index (κ2) is 4.27. The van der Waals surface area contributed by atoms with Crippen LogP contribution in [0.25, 0.3) is 0 Å². The standard InChI is InChI=1S/C10H14N4O/c1-11-10(15)9-4-7(2-3-13-9)14-8-5-12-6-8/h2-4,8,12H,5-6H2,1H3,(H,11,15)(H,13,14). The summed E-state index contributed by atoms with van der Waals surface area (Å²) in [5.41, 5.74) is 1.38. The third-order valence-corrected chi connectivity index (χ3v) is 2.37. The van der Waals surface area contributed by atoms with Gasteiger partial charge in [0.1, 0.15) is 5.69 Å². The van der Waals surface area contributed by atoms with Crippen molar-refractivity contribution < 1.29 is 4.79 Å². The molecule has 0 atom stereocenters. The number of nitrogens with one attached hydrogen (secondary N) is 3. The monoisotopic (exact) mass is 206 g/mol. The molecule has 1 amide bonds. The number of rotatable bonds is 3. The van der Waals surface area contributed by atoms with Gasteiger partial charge in [0, 0.05) is 32.0 Å². The van der Waals surface area contributed by atoms with E-state index in [1.165, 1.54) is 0 Å². The number of nitrogens with zero attached hydrogens (tertiary/aromatic N) is 1. The average molecular weight is 206 g/mol. The first kappa shape index (κ1) is 9.92. The second-order valence-corrected chi connectivity index (χ2v) is 3.51. The smallest absolute Gasteiger partial charge is 0.269 e. The number of hydrogen-bond donors (Lipinski definition) is 3. The minimum absolute atomic E-state index is 0.162. The van der Waals surface area contributed by atoms with Crippen LogP contribution in [-0.4, -0.2) is 37.1 Å². The Kier molecular flexibility index (Phi) is 2.82. The maximum absolute atomic E-state index is 11.3. The Balaban J connectivity index is 2.07. The number of carbonyl (C=O) groups is 1. The van der Waals surface area contributed by atoms with Gasteiger partial charge in [-0.3, -0.25) is 9.78 Å². The zero-order valence-electron chi connectivity index (χ0n) is 8.58. The molecule has 2 heterocycles. The van der Waals surface area contributed by atoms with Crippen LogP contribution < -0.4 is 16.0 Å². The summed E-state index contributed by atoms with van der Waals surface area (Å²) in [6, 6.07) is 4.09. The fourth-order valence-corrected chi connectivity index (χ4v) is 1.40. The third-order valence-electron chi connectivity index (χ3n) is 2.37. The zero-order valence-corrected chi connectivity index (χ0v) is 8.58. The van der Waals surface area contributed by atoms with Crippen molar-refractivity contribution in [2.75, 3.05) is 25.5 Å². The molecule has 0 aromatic carbocycles. The Morgan fingerprint density at radius 1 is 1.60 bits per heavy atom. The lowest BCUT2D eigenvalue weighted by Gasteiger charge is -2.28. The molecule has 3 N–H and O–H groups in total. The molecular weight excluding hydrogens is 192 g/mol. The van der Waals surface area contributed by atoms with Gasteiger partial charge < -0.3 is 16.0 Å². The van der Waals surface area contributed by atoms with Gasteiger partial charge in [0.25, 0.3) is 5.91 Å². The highest BCUT2D eigenvalue weighted by Crippen LogP contribution is 2.10. The quantitative estimate of drug-likeness (QED) is 0.642. The van der Waals surface area contributed by atoms with E-state index in [4.69, 9.17) is 0 Å². The number of hydrogen-bond acceptors (Lipinski definition) is 4. The van der Waals surface area contributed by atoms with Crippen LogP contribution in [0.5, 0.6) is 0 Å². The molecule has 15 heavy (non-hydrogen) atoms. The Morgan fingerprint density at radius 2 is 2.40 bits per heavy atom. The number of aromatic nitrogens is 1. The Hall–Kier alpha value is -1.62. The van der Waals surface area contributed by atoms with Crippen LogP contribution in [-0.2, 0) is 0 Å². The maximum Gasteiger partial charge on any atom is 0.269 e. The van der Waals surface area contributed by atoms with Crippen LogP contribution in [0.15, 0.2) is 18.3 Å². The van der Waals surface area contributed by atoms with Gasteiger partial charge in [0.15, 0.2) is 0 Å². The Morgan fingerprint density at radius 3 is 3.00 bits per heavy atom. The van der Waals surface area contributed by atoms with Crippen LogP contribution >= 0.6 is 0 Å². The van der Waals surface area contributed by atoms with E-state index in [1.54, 1.807) is 19.3 Å². The van der Waals surface area contributed by atoms with Crippen molar-refractivity contribution in [1.29, 1.82) is 0 Å². The number of carbonyl (C=O) groups excluding carboxylic acids is 1. The molecule has 1 saturated heterocycles. The summed E-state index contributed by atoms with van der Waals surface area (Å²) in [7, 11) is 1.60. The Labute approximate surface area is 88.3 Å². The fraction of sp³-hybridized carbons (Fsp3) is 0.400. The van der Waals surface area contributed by atoms with Crippen molar-refractivity contribution in [1.82, 2.24) is 15.6 Å². The molecule has 1 aromatic heterocycles. The first-order valence-corrected chi connectivity index (χ1v) is 4.95. The highest BCUT2D eigenvalue weighted by atomic mass is 16.1. The van der Waals surface area contributed by atoms with E-state index in [1.807, 2.05) is 6.07 Å². The van der Waals surface area contributed by atoms with E-state index in [0.29, 0.717) is 11.7 Å². The molecular formula is C10H14N4O. The van der Waals surface area contributed by atoms with Crippen molar-refractivity contribution in [2.45, 2.75) is 6.04 Å². The van der Waals surface area contributed by atoms with Gasteiger partial charge in [-0.05, 0) is 12.1 Å². The molecule has 0 radical (unpaired) electrons. The normalized spacial score (nSPS) is 15.5. The molecule has 1 aliphatic rings. The van der Waals surface area contributed by atoms with Crippen LogP contribution in [0.3, 0.4) is 0 Å². The van der Waals surface area contributed by atoms with Crippen molar-refractivity contribution >= 4 is 11.6 Å². The number of amides is 1. The summed E-state index contributed by atoms with van der Waals surface area (Å²) in [5.74, 6) is -0.162. The van der Waals surface area contributed by atoms with Crippen LogP contribution in [0.1, 0.15) is 10.5 Å². The zero-order chi connectivity index (χ0) is 10.7. The molecule has 2 rings (SSSR count). The van der Waals surface area contributed by atoms with Crippen LogP contribution in [0, 0.1) is 0 Å². The topological polar surface area (TPSA) is 66.1 Å². The molecule has 1 aliphatic heterocycles. The molecule has 5 nitrogen and oxygen atoms in total. The molecule has 0 bridgehead atoms. The first-order chi connectivity index (χ1) is 7.29. The largest absolute Gasteiger partial charge is 0.380 e. The summed E-state index contributed by atoms with van der Waals surface area (Å²) in [4.78, 5) is 15.3.